The Balaban J connectivity index is 2.33. The molecule has 90 valence electrons. The summed E-state index contributed by atoms with van der Waals surface area (Å²) >= 11 is 5.90. The first-order chi connectivity index (χ1) is 8.79. The summed E-state index contributed by atoms with van der Waals surface area (Å²) in [6.07, 6.45) is 3.35. The molecule has 3 rings (SSSR count). The SMILES string of the molecule is Fc1cccc(-n2c(CCl)nc3cnccc32)c1. The summed E-state index contributed by atoms with van der Waals surface area (Å²) in [5, 5.41) is 0. The van der Waals surface area contributed by atoms with E-state index in [1.165, 1.54) is 12.1 Å². The Bertz CT molecular complexity index is 708. The minimum absolute atomic E-state index is 0.255. The molecule has 0 radical (unpaired) electrons. The van der Waals surface area contributed by atoms with Crippen molar-refractivity contribution in [1.82, 2.24) is 14.5 Å². The molecule has 18 heavy (non-hydrogen) atoms. The summed E-state index contributed by atoms with van der Waals surface area (Å²) < 4.78 is 15.2. The van der Waals surface area contributed by atoms with Gasteiger partial charge >= 0.3 is 0 Å². The van der Waals surface area contributed by atoms with Crippen LogP contribution in [-0.2, 0) is 5.88 Å². The van der Waals surface area contributed by atoms with Crippen LogP contribution in [0.15, 0.2) is 42.7 Å². The number of halogens is 2. The first-order valence-electron chi connectivity index (χ1n) is 5.43. The molecule has 0 fully saturated rings. The maximum atomic E-state index is 13.3. The monoisotopic (exact) mass is 261 g/mol. The third-order valence-corrected chi connectivity index (χ3v) is 2.95. The Hall–Kier alpha value is -1.94. The van der Waals surface area contributed by atoms with Gasteiger partial charge in [0.05, 0.1) is 23.3 Å². The quantitative estimate of drug-likeness (QED) is 0.663. The van der Waals surface area contributed by atoms with Gasteiger partial charge in [0.1, 0.15) is 17.2 Å². The van der Waals surface area contributed by atoms with Crippen molar-refractivity contribution in [3.05, 3.63) is 54.4 Å². The highest BCUT2D eigenvalue weighted by Crippen LogP contribution is 2.22. The van der Waals surface area contributed by atoms with Crippen LogP contribution < -0.4 is 0 Å². The number of benzene rings is 1. The van der Waals surface area contributed by atoms with Crippen LogP contribution >= 0.6 is 11.6 Å². The molecule has 3 nitrogen and oxygen atoms in total. The molecule has 2 heterocycles. The lowest BCUT2D eigenvalue weighted by Gasteiger charge is -2.07. The van der Waals surface area contributed by atoms with Gasteiger partial charge < -0.3 is 0 Å². The molecule has 1 aromatic carbocycles. The van der Waals surface area contributed by atoms with Gasteiger partial charge in [0.15, 0.2) is 0 Å². The van der Waals surface area contributed by atoms with E-state index >= 15 is 0 Å². The van der Waals surface area contributed by atoms with E-state index in [1.54, 1.807) is 18.5 Å². The Morgan fingerprint density at radius 3 is 2.94 bits per heavy atom. The maximum Gasteiger partial charge on any atom is 0.129 e. The number of imidazole rings is 1. The number of pyridine rings is 1. The van der Waals surface area contributed by atoms with Gasteiger partial charge in [-0.05, 0) is 24.3 Å². The second kappa shape index (κ2) is 4.38. The van der Waals surface area contributed by atoms with Gasteiger partial charge in [0.2, 0.25) is 0 Å². The predicted molar refractivity (Wildman–Crippen MR) is 68.4 cm³/mol. The van der Waals surface area contributed by atoms with Crippen LogP contribution in [0.1, 0.15) is 5.82 Å². The fourth-order valence-corrected chi connectivity index (χ4v) is 2.15. The van der Waals surface area contributed by atoms with Gasteiger partial charge in [-0.15, -0.1) is 11.6 Å². The molecular weight excluding hydrogens is 253 g/mol. The molecule has 0 bridgehead atoms. The molecule has 2 aromatic heterocycles. The average Bonchev–Trinajstić information content (AvgIpc) is 2.77. The average molecular weight is 262 g/mol. The Kier molecular flexibility index (Phi) is 2.72. The van der Waals surface area contributed by atoms with Crippen LogP contribution in [0.4, 0.5) is 4.39 Å². The standard InChI is InChI=1S/C13H9ClFN3/c14-7-13-17-11-8-16-5-4-12(11)18(13)10-3-1-2-9(15)6-10/h1-6,8H,7H2. The van der Waals surface area contributed by atoms with Crippen molar-refractivity contribution in [3.63, 3.8) is 0 Å². The van der Waals surface area contributed by atoms with E-state index in [-0.39, 0.29) is 11.7 Å². The topological polar surface area (TPSA) is 30.7 Å². The third kappa shape index (κ3) is 1.75. The summed E-state index contributed by atoms with van der Waals surface area (Å²) in [5.74, 6) is 0.639. The Labute approximate surface area is 108 Å². The van der Waals surface area contributed by atoms with Gasteiger partial charge in [-0.1, -0.05) is 6.07 Å². The molecule has 0 N–H and O–H groups in total. The molecule has 0 unspecified atom stereocenters. The molecule has 0 saturated carbocycles. The predicted octanol–water partition coefficient (Wildman–Crippen LogP) is 3.30. The van der Waals surface area contributed by atoms with Crippen molar-refractivity contribution >= 4 is 22.6 Å². The van der Waals surface area contributed by atoms with Gasteiger partial charge in [-0.3, -0.25) is 9.55 Å². The smallest absolute Gasteiger partial charge is 0.129 e. The van der Waals surface area contributed by atoms with E-state index in [4.69, 9.17) is 11.6 Å². The fraction of sp³-hybridized carbons (Fsp3) is 0.0769. The minimum Gasteiger partial charge on any atom is -0.295 e. The number of alkyl halides is 1. The molecule has 0 aliphatic carbocycles. The van der Waals surface area contributed by atoms with Crippen LogP contribution in [0.25, 0.3) is 16.7 Å². The molecule has 0 saturated heterocycles. The highest BCUT2D eigenvalue weighted by atomic mass is 35.5. The van der Waals surface area contributed by atoms with Crippen molar-refractivity contribution in [1.29, 1.82) is 0 Å². The Morgan fingerprint density at radius 2 is 2.17 bits per heavy atom. The lowest BCUT2D eigenvalue weighted by atomic mass is 10.3. The van der Waals surface area contributed by atoms with E-state index in [2.05, 4.69) is 9.97 Å². The molecule has 0 atom stereocenters. The van der Waals surface area contributed by atoms with Gasteiger partial charge in [-0.2, -0.15) is 0 Å². The number of hydrogen-bond acceptors (Lipinski definition) is 2. The number of hydrogen-bond donors (Lipinski definition) is 0. The van der Waals surface area contributed by atoms with Gasteiger partial charge in [-0.25, -0.2) is 9.37 Å². The van der Waals surface area contributed by atoms with Crippen LogP contribution in [-0.4, -0.2) is 14.5 Å². The van der Waals surface area contributed by atoms with E-state index in [1.807, 2.05) is 16.7 Å². The largest absolute Gasteiger partial charge is 0.295 e. The molecule has 3 aromatic rings. The highest BCUT2D eigenvalue weighted by molar-refractivity contribution is 6.17. The van der Waals surface area contributed by atoms with Gasteiger partial charge in [0.25, 0.3) is 0 Å². The van der Waals surface area contributed by atoms with Crippen molar-refractivity contribution < 1.29 is 4.39 Å². The van der Waals surface area contributed by atoms with Crippen molar-refractivity contribution in [2.24, 2.45) is 0 Å². The molecule has 0 aliphatic heterocycles. The zero-order valence-electron chi connectivity index (χ0n) is 9.35. The van der Waals surface area contributed by atoms with Crippen LogP contribution in [0.3, 0.4) is 0 Å². The van der Waals surface area contributed by atoms with Crippen molar-refractivity contribution in [2.45, 2.75) is 5.88 Å². The number of rotatable bonds is 2. The molecule has 0 aliphatic rings. The summed E-state index contributed by atoms with van der Waals surface area (Å²) in [4.78, 5) is 8.40. The van der Waals surface area contributed by atoms with Crippen LogP contribution in [0, 0.1) is 5.82 Å². The summed E-state index contributed by atoms with van der Waals surface area (Å²) in [5.41, 5.74) is 2.32. The second-order valence-corrected chi connectivity index (χ2v) is 4.11. The normalized spacial score (nSPS) is 11.0. The second-order valence-electron chi connectivity index (χ2n) is 3.84. The first-order valence-corrected chi connectivity index (χ1v) is 5.96. The molecule has 0 spiro atoms. The van der Waals surface area contributed by atoms with Crippen LogP contribution in [0.2, 0.25) is 0 Å². The van der Waals surface area contributed by atoms with Gasteiger partial charge in [0, 0.05) is 6.20 Å². The lowest BCUT2D eigenvalue weighted by molar-refractivity contribution is 0.626. The van der Waals surface area contributed by atoms with E-state index in [0.717, 1.165) is 11.0 Å². The zero-order chi connectivity index (χ0) is 12.5. The van der Waals surface area contributed by atoms with E-state index in [0.29, 0.717) is 11.5 Å². The van der Waals surface area contributed by atoms with Crippen molar-refractivity contribution in [2.75, 3.05) is 0 Å². The summed E-state index contributed by atoms with van der Waals surface area (Å²) in [6, 6.07) is 8.18. The molecule has 5 heteroatoms. The lowest BCUT2D eigenvalue weighted by Crippen LogP contribution is -1.99. The summed E-state index contributed by atoms with van der Waals surface area (Å²) in [6.45, 7) is 0. The number of aromatic nitrogens is 3. The zero-order valence-corrected chi connectivity index (χ0v) is 10.1. The molecular formula is C13H9ClFN3. The number of nitrogens with zero attached hydrogens (tertiary/aromatic N) is 3. The maximum absolute atomic E-state index is 13.3. The number of fused-ring (bicyclic) bond motifs is 1. The molecule has 0 amide bonds. The summed E-state index contributed by atoms with van der Waals surface area (Å²) in [7, 11) is 0. The van der Waals surface area contributed by atoms with E-state index < -0.39 is 0 Å². The van der Waals surface area contributed by atoms with Crippen LogP contribution in [0.5, 0.6) is 0 Å². The highest BCUT2D eigenvalue weighted by Gasteiger charge is 2.11. The first kappa shape index (κ1) is 11.2. The Morgan fingerprint density at radius 1 is 1.28 bits per heavy atom. The van der Waals surface area contributed by atoms with Crippen molar-refractivity contribution in [3.8, 4) is 5.69 Å². The minimum atomic E-state index is -0.288. The van der Waals surface area contributed by atoms with E-state index in [9.17, 15) is 4.39 Å². The third-order valence-electron chi connectivity index (χ3n) is 2.71. The fourth-order valence-electron chi connectivity index (χ4n) is 1.98.